The zero-order valence-electron chi connectivity index (χ0n) is 11.4. The van der Waals surface area contributed by atoms with Crippen molar-refractivity contribution in [3.63, 3.8) is 0 Å². The summed E-state index contributed by atoms with van der Waals surface area (Å²) in [7, 11) is 0. The molecule has 0 saturated heterocycles. The van der Waals surface area contributed by atoms with Crippen molar-refractivity contribution in [2.75, 3.05) is 0 Å². The molecule has 0 radical (unpaired) electrons. The lowest BCUT2D eigenvalue weighted by Gasteiger charge is -2.20. The first-order chi connectivity index (χ1) is 9.73. The molecule has 1 unspecified atom stereocenters. The number of aromatic nitrogens is 1. The summed E-state index contributed by atoms with van der Waals surface area (Å²) in [5.74, 6) is -1.98. The molecule has 0 aromatic carbocycles. The van der Waals surface area contributed by atoms with E-state index < -0.39 is 33.7 Å². The molecule has 0 spiro atoms. The van der Waals surface area contributed by atoms with E-state index in [4.69, 9.17) is 16.7 Å². The number of amides is 1. The first-order valence-corrected chi connectivity index (χ1v) is 6.43. The molecule has 1 amide bonds. The molecule has 0 bridgehead atoms. The SMILES string of the molecule is CC(C)C(CC(=O)O)NC(=O)c1ccnc(Cl)c1[N+](=O)[O-]. The average molecular weight is 316 g/mol. The van der Waals surface area contributed by atoms with Gasteiger partial charge < -0.3 is 10.4 Å². The molecular weight excluding hydrogens is 302 g/mol. The predicted molar refractivity (Wildman–Crippen MR) is 74.2 cm³/mol. The lowest BCUT2D eigenvalue weighted by Crippen LogP contribution is -2.40. The van der Waals surface area contributed by atoms with Gasteiger partial charge in [-0.3, -0.25) is 19.7 Å². The maximum atomic E-state index is 12.1. The molecule has 1 aromatic rings. The van der Waals surface area contributed by atoms with Crippen LogP contribution in [0.15, 0.2) is 12.3 Å². The van der Waals surface area contributed by atoms with E-state index in [9.17, 15) is 19.7 Å². The van der Waals surface area contributed by atoms with E-state index in [1.807, 2.05) is 0 Å². The van der Waals surface area contributed by atoms with Crippen molar-refractivity contribution in [2.24, 2.45) is 5.92 Å². The van der Waals surface area contributed by atoms with Crippen molar-refractivity contribution in [1.29, 1.82) is 0 Å². The van der Waals surface area contributed by atoms with Crippen molar-refractivity contribution >= 4 is 29.2 Å². The van der Waals surface area contributed by atoms with Gasteiger partial charge >= 0.3 is 11.7 Å². The Bertz CT molecular complexity index is 576. The summed E-state index contributed by atoms with van der Waals surface area (Å²) in [6, 6.07) is 0.513. The van der Waals surface area contributed by atoms with Gasteiger partial charge in [-0.15, -0.1) is 0 Å². The third-order valence-corrected chi connectivity index (χ3v) is 3.10. The lowest BCUT2D eigenvalue weighted by atomic mass is 10.0. The van der Waals surface area contributed by atoms with Gasteiger partial charge in [0.05, 0.1) is 11.3 Å². The Labute approximate surface area is 125 Å². The monoisotopic (exact) mass is 315 g/mol. The van der Waals surface area contributed by atoms with E-state index in [0.717, 1.165) is 6.07 Å². The van der Waals surface area contributed by atoms with Gasteiger partial charge in [-0.2, -0.15) is 0 Å². The molecule has 0 aliphatic rings. The number of nitrogens with one attached hydrogen (secondary N) is 1. The predicted octanol–water partition coefficient (Wildman–Crippen LogP) is 1.87. The minimum absolute atomic E-state index is 0.151. The zero-order chi connectivity index (χ0) is 16.2. The van der Waals surface area contributed by atoms with Crippen molar-refractivity contribution < 1.29 is 19.6 Å². The minimum Gasteiger partial charge on any atom is -0.481 e. The summed E-state index contributed by atoms with van der Waals surface area (Å²) < 4.78 is 0. The number of pyridine rings is 1. The molecule has 114 valence electrons. The van der Waals surface area contributed by atoms with Crippen LogP contribution in [-0.4, -0.2) is 32.9 Å². The Morgan fingerprint density at radius 3 is 2.62 bits per heavy atom. The number of carbonyl (C=O) groups is 2. The number of rotatable bonds is 6. The zero-order valence-corrected chi connectivity index (χ0v) is 12.1. The van der Waals surface area contributed by atoms with E-state index in [1.165, 1.54) is 6.20 Å². The second-order valence-corrected chi connectivity index (χ2v) is 5.03. The summed E-state index contributed by atoms with van der Waals surface area (Å²) in [6.45, 7) is 3.48. The number of carboxylic acids is 1. The lowest BCUT2D eigenvalue weighted by molar-refractivity contribution is -0.385. The molecule has 1 heterocycles. The van der Waals surface area contributed by atoms with Crippen LogP contribution in [0.2, 0.25) is 5.15 Å². The molecule has 21 heavy (non-hydrogen) atoms. The van der Waals surface area contributed by atoms with E-state index in [2.05, 4.69) is 10.3 Å². The van der Waals surface area contributed by atoms with Gasteiger partial charge in [0.25, 0.3) is 5.91 Å². The average Bonchev–Trinajstić information content (AvgIpc) is 2.36. The molecule has 8 nitrogen and oxygen atoms in total. The summed E-state index contributed by atoms with van der Waals surface area (Å²) in [5, 5.41) is 21.8. The van der Waals surface area contributed by atoms with Crippen LogP contribution in [-0.2, 0) is 4.79 Å². The first-order valence-electron chi connectivity index (χ1n) is 6.05. The highest BCUT2D eigenvalue weighted by atomic mass is 35.5. The maximum absolute atomic E-state index is 12.1. The van der Waals surface area contributed by atoms with Crippen molar-refractivity contribution in [3.05, 3.63) is 33.1 Å². The van der Waals surface area contributed by atoms with Crippen molar-refractivity contribution in [1.82, 2.24) is 10.3 Å². The third kappa shape index (κ3) is 4.38. The number of aliphatic carboxylic acids is 1. The van der Waals surface area contributed by atoms with Gasteiger partial charge in [0.15, 0.2) is 0 Å². The summed E-state index contributed by atoms with van der Waals surface area (Å²) in [4.78, 5) is 36.6. The second kappa shape index (κ2) is 6.98. The highest BCUT2D eigenvalue weighted by Gasteiger charge is 2.27. The Kier molecular flexibility index (Phi) is 5.60. The van der Waals surface area contributed by atoms with Crippen LogP contribution >= 0.6 is 11.6 Å². The Morgan fingerprint density at radius 1 is 1.52 bits per heavy atom. The van der Waals surface area contributed by atoms with E-state index >= 15 is 0 Å². The molecule has 0 aliphatic carbocycles. The number of carboxylic acid groups (broad SMARTS) is 1. The van der Waals surface area contributed by atoms with Crippen LogP contribution in [0.25, 0.3) is 0 Å². The maximum Gasteiger partial charge on any atom is 0.319 e. The third-order valence-electron chi connectivity index (χ3n) is 2.82. The fraction of sp³-hybridized carbons (Fsp3) is 0.417. The summed E-state index contributed by atoms with van der Waals surface area (Å²) in [5.41, 5.74) is -0.856. The normalized spacial score (nSPS) is 12.0. The Morgan fingerprint density at radius 2 is 2.14 bits per heavy atom. The van der Waals surface area contributed by atoms with Crippen LogP contribution in [0, 0.1) is 16.0 Å². The van der Waals surface area contributed by atoms with E-state index in [0.29, 0.717) is 0 Å². The molecule has 1 aromatic heterocycles. The van der Waals surface area contributed by atoms with Gasteiger partial charge in [-0.25, -0.2) is 4.98 Å². The molecule has 2 N–H and O–H groups in total. The highest BCUT2D eigenvalue weighted by molar-refractivity contribution is 6.32. The van der Waals surface area contributed by atoms with Crippen LogP contribution in [0.3, 0.4) is 0 Å². The number of hydrogen-bond acceptors (Lipinski definition) is 5. The van der Waals surface area contributed by atoms with Crippen LogP contribution in [0.5, 0.6) is 0 Å². The molecule has 0 saturated carbocycles. The van der Waals surface area contributed by atoms with Gasteiger partial charge in [0.2, 0.25) is 5.15 Å². The number of halogens is 1. The molecule has 9 heteroatoms. The standard InChI is InChI=1S/C12H14ClN3O5/c1-6(2)8(5-9(17)18)15-12(19)7-3-4-14-11(13)10(7)16(20)21/h3-4,6,8H,5H2,1-2H3,(H,15,19)(H,17,18). The molecule has 0 aliphatic heterocycles. The van der Waals surface area contributed by atoms with Gasteiger partial charge in [-0.1, -0.05) is 25.4 Å². The molecular formula is C12H14ClN3O5. The highest BCUT2D eigenvalue weighted by Crippen LogP contribution is 2.26. The second-order valence-electron chi connectivity index (χ2n) is 4.68. The molecule has 1 atom stereocenters. The fourth-order valence-corrected chi connectivity index (χ4v) is 1.90. The topological polar surface area (TPSA) is 122 Å². The van der Waals surface area contributed by atoms with Crippen molar-refractivity contribution in [3.8, 4) is 0 Å². The smallest absolute Gasteiger partial charge is 0.319 e. The minimum atomic E-state index is -1.07. The quantitative estimate of drug-likeness (QED) is 0.469. The summed E-state index contributed by atoms with van der Waals surface area (Å²) in [6.07, 6.45) is 0.891. The number of carbonyl (C=O) groups excluding carboxylic acids is 1. The van der Waals surface area contributed by atoms with Gasteiger partial charge in [0.1, 0.15) is 5.56 Å². The molecule has 1 rings (SSSR count). The largest absolute Gasteiger partial charge is 0.481 e. The van der Waals surface area contributed by atoms with Crippen LogP contribution < -0.4 is 5.32 Å². The van der Waals surface area contributed by atoms with Gasteiger partial charge in [-0.05, 0) is 12.0 Å². The van der Waals surface area contributed by atoms with E-state index in [-0.39, 0.29) is 17.9 Å². The van der Waals surface area contributed by atoms with Crippen molar-refractivity contribution in [2.45, 2.75) is 26.3 Å². The Balaban J connectivity index is 3.06. The Hall–Kier alpha value is -2.22. The fourth-order valence-electron chi connectivity index (χ4n) is 1.67. The number of hydrogen-bond donors (Lipinski definition) is 2. The van der Waals surface area contributed by atoms with Gasteiger partial charge in [0, 0.05) is 12.2 Å². The van der Waals surface area contributed by atoms with E-state index in [1.54, 1.807) is 13.8 Å². The van der Waals surface area contributed by atoms with Crippen LogP contribution in [0.1, 0.15) is 30.6 Å². The molecule has 0 fully saturated rings. The summed E-state index contributed by atoms with van der Waals surface area (Å²) >= 11 is 5.62. The number of nitrogens with zero attached hydrogens (tertiary/aromatic N) is 2. The number of nitro groups is 1. The van der Waals surface area contributed by atoms with Crippen LogP contribution in [0.4, 0.5) is 5.69 Å². The first kappa shape index (κ1) is 16.8.